The maximum absolute atomic E-state index is 13.5. The summed E-state index contributed by atoms with van der Waals surface area (Å²) in [5.41, 5.74) is 1.64. The number of benzene rings is 2. The second kappa shape index (κ2) is 7.36. The van der Waals surface area contributed by atoms with Crippen LogP contribution < -0.4 is 0 Å². The molecule has 0 bridgehead atoms. The molecule has 0 fully saturated rings. The molecule has 0 amide bonds. The summed E-state index contributed by atoms with van der Waals surface area (Å²) in [6.07, 6.45) is 1.57. The van der Waals surface area contributed by atoms with Crippen LogP contribution in [0.25, 0.3) is 0 Å². The van der Waals surface area contributed by atoms with E-state index >= 15 is 0 Å². The van der Waals surface area contributed by atoms with Gasteiger partial charge < -0.3 is 15.3 Å². The van der Waals surface area contributed by atoms with Gasteiger partial charge >= 0.3 is 0 Å². The molecule has 0 heterocycles. The third kappa shape index (κ3) is 2.78. The van der Waals surface area contributed by atoms with Gasteiger partial charge in [-0.05, 0) is 37.2 Å². The predicted molar refractivity (Wildman–Crippen MR) is 109 cm³/mol. The first-order valence-electron chi connectivity index (χ1n) is 10.3. The maximum Gasteiger partial charge on any atom is 0.198 e. The number of phenols is 2. The molecule has 0 spiro atoms. The van der Waals surface area contributed by atoms with Gasteiger partial charge in [0.2, 0.25) is 0 Å². The lowest BCUT2D eigenvalue weighted by Gasteiger charge is -2.30. The highest BCUT2D eigenvalue weighted by molar-refractivity contribution is 6.31. The number of carbonyl (C=O) groups excluding carboxylic acids is 3. The molecule has 1 unspecified atom stereocenters. The van der Waals surface area contributed by atoms with Gasteiger partial charge in [0, 0.05) is 28.2 Å². The molecule has 2 aromatic rings. The molecule has 156 valence electrons. The SMILES string of the molecule is CCC(C)c1cccc2c1C(=O)c1c(O)c3c(c(O)c1C2=O)C[C@@H](C(=O)CO)CC3. The van der Waals surface area contributed by atoms with Crippen LogP contribution in [0.4, 0.5) is 0 Å². The lowest BCUT2D eigenvalue weighted by atomic mass is 9.73. The molecule has 6 heteroatoms. The summed E-state index contributed by atoms with van der Waals surface area (Å²) in [5.74, 6) is -2.37. The zero-order valence-electron chi connectivity index (χ0n) is 17.0. The molecule has 4 rings (SSSR count). The second-order valence-electron chi connectivity index (χ2n) is 8.21. The van der Waals surface area contributed by atoms with Gasteiger partial charge in [0.15, 0.2) is 17.3 Å². The molecule has 0 saturated heterocycles. The fourth-order valence-electron chi connectivity index (χ4n) is 4.73. The Morgan fingerprint density at radius 3 is 2.40 bits per heavy atom. The molecule has 0 radical (unpaired) electrons. The van der Waals surface area contributed by atoms with E-state index in [2.05, 4.69) is 0 Å². The summed E-state index contributed by atoms with van der Waals surface area (Å²) in [5, 5.41) is 31.1. The van der Waals surface area contributed by atoms with Crippen molar-refractivity contribution in [1.29, 1.82) is 0 Å². The van der Waals surface area contributed by atoms with E-state index in [0.29, 0.717) is 23.1 Å². The van der Waals surface area contributed by atoms with Crippen LogP contribution >= 0.6 is 0 Å². The third-order valence-electron chi connectivity index (χ3n) is 6.63. The Morgan fingerprint density at radius 1 is 1.07 bits per heavy atom. The van der Waals surface area contributed by atoms with Gasteiger partial charge in [-0.2, -0.15) is 0 Å². The molecule has 3 N–H and O–H groups in total. The second-order valence-corrected chi connectivity index (χ2v) is 8.21. The number of phenolic OH excluding ortho intramolecular Hbond substituents is 2. The molecule has 2 aliphatic rings. The van der Waals surface area contributed by atoms with Crippen molar-refractivity contribution in [2.45, 2.75) is 45.4 Å². The van der Waals surface area contributed by atoms with Crippen LogP contribution in [0.1, 0.15) is 81.1 Å². The zero-order chi connectivity index (χ0) is 21.7. The zero-order valence-corrected chi connectivity index (χ0v) is 17.0. The van der Waals surface area contributed by atoms with Crippen molar-refractivity contribution in [3.8, 4) is 11.5 Å². The highest BCUT2D eigenvalue weighted by Gasteiger charge is 2.40. The van der Waals surface area contributed by atoms with Crippen molar-refractivity contribution >= 4 is 17.3 Å². The Labute approximate surface area is 174 Å². The fourth-order valence-corrected chi connectivity index (χ4v) is 4.73. The molecule has 2 aromatic carbocycles. The highest BCUT2D eigenvalue weighted by Crippen LogP contribution is 2.47. The van der Waals surface area contributed by atoms with Gasteiger partial charge in [-0.15, -0.1) is 0 Å². The van der Waals surface area contributed by atoms with Crippen LogP contribution in [0.3, 0.4) is 0 Å². The number of ketones is 3. The van der Waals surface area contributed by atoms with Gasteiger partial charge in [-0.1, -0.05) is 32.0 Å². The fraction of sp³-hybridized carbons (Fsp3) is 0.375. The Bertz CT molecular complexity index is 1100. The Hall–Kier alpha value is -2.99. The lowest BCUT2D eigenvalue weighted by Crippen LogP contribution is -2.28. The van der Waals surface area contributed by atoms with Gasteiger partial charge in [0.05, 0.1) is 11.1 Å². The van der Waals surface area contributed by atoms with Crippen molar-refractivity contribution in [2.75, 3.05) is 6.61 Å². The minimum atomic E-state index is -0.596. The molecule has 30 heavy (non-hydrogen) atoms. The molecule has 0 saturated carbocycles. The average molecular weight is 408 g/mol. The predicted octanol–water partition coefficient (Wildman–Crippen LogP) is 3.05. The number of aliphatic hydroxyl groups excluding tert-OH is 1. The van der Waals surface area contributed by atoms with Crippen molar-refractivity contribution in [3.05, 3.63) is 57.1 Å². The lowest BCUT2D eigenvalue weighted by molar-refractivity contribution is -0.125. The monoisotopic (exact) mass is 408 g/mol. The molecular weight excluding hydrogens is 384 g/mol. The molecule has 2 atom stereocenters. The molecular formula is C24H24O6. The van der Waals surface area contributed by atoms with E-state index in [0.717, 1.165) is 12.0 Å². The van der Waals surface area contributed by atoms with E-state index < -0.39 is 24.1 Å². The summed E-state index contributed by atoms with van der Waals surface area (Å²) in [6.45, 7) is 3.38. The minimum Gasteiger partial charge on any atom is -0.507 e. The number of aromatic hydroxyl groups is 2. The third-order valence-corrected chi connectivity index (χ3v) is 6.63. The summed E-state index contributed by atoms with van der Waals surface area (Å²) in [7, 11) is 0. The standard InChI is InChI=1S/C24H24O6/c1-3-11(2)13-5-4-6-15-18(13)24(30)20-19(22(15)28)23(29)16-9-12(17(26)10-25)7-8-14(16)21(20)27/h4-6,11-12,25,27,29H,3,7-10H2,1-2H3/t11?,12-/m0/s1. The van der Waals surface area contributed by atoms with Crippen LogP contribution in [0.15, 0.2) is 18.2 Å². The molecule has 6 nitrogen and oxygen atoms in total. The van der Waals surface area contributed by atoms with Crippen LogP contribution in [0.2, 0.25) is 0 Å². The Kier molecular flexibility index (Phi) is 4.98. The van der Waals surface area contributed by atoms with Gasteiger partial charge in [-0.3, -0.25) is 14.4 Å². The summed E-state index contributed by atoms with van der Waals surface area (Å²) in [4.78, 5) is 38.7. The van der Waals surface area contributed by atoms with Crippen molar-refractivity contribution in [3.63, 3.8) is 0 Å². The van der Waals surface area contributed by atoms with Crippen LogP contribution in [0.5, 0.6) is 11.5 Å². The quantitative estimate of drug-likeness (QED) is 0.572. The Balaban J connectivity index is 1.94. The van der Waals surface area contributed by atoms with Crippen LogP contribution in [-0.4, -0.2) is 39.3 Å². The number of fused-ring (bicyclic) bond motifs is 3. The van der Waals surface area contributed by atoms with Crippen molar-refractivity contribution in [2.24, 2.45) is 5.92 Å². The maximum atomic E-state index is 13.5. The summed E-state index contributed by atoms with van der Waals surface area (Å²) >= 11 is 0. The highest BCUT2D eigenvalue weighted by atomic mass is 16.3. The van der Waals surface area contributed by atoms with E-state index in [-0.39, 0.29) is 52.7 Å². The number of aliphatic hydroxyl groups is 1. The van der Waals surface area contributed by atoms with Gasteiger partial charge in [-0.25, -0.2) is 0 Å². The van der Waals surface area contributed by atoms with Gasteiger partial charge in [0.25, 0.3) is 0 Å². The number of hydrogen-bond donors (Lipinski definition) is 3. The van der Waals surface area contributed by atoms with Crippen molar-refractivity contribution < 1.29 is 29.7 Å². The minimum absolute atomic E-state index is 0.0527. The first-order valence-corrected chi connectivity index (χ1v) is 10.3. The van der Waals surface area contributed by atoms with Crippen LogP contribution in [-0.2, 0) is 17.6 Å². The number of Topliss-reactive ketones (excluding diaryl/α,β-unsaturated/α-hetero) is 1. The average Bonchev–Trinajstić information content (AvgIpc) is 2.77. The smallest absolute Gasteiger partial charge is 0.198 e. The van der Waals surface area contributed by atoms with E-state index in [9.17, 15) is 24.6 Å². The number of hydrogen-bond acceptors (Lipinski definition) is 6. The first kappa shape index (κ1) is 20.3. The topological polar surface area (TPSA) is 112 Å². The number of carbonyl (C=O) groups is 3. The van der Waals surface area contributed by atoms with Crippen molar-refractivity contribution in [1.82, 2.24) is 0 Å². The Morgan fingerprint density at radius 2 is 1.73 bits per heavy atom. The van der Waals surface area contributed by atoms with E-state index in [1.54, 1.807) is 12.1 Å². The first-order chi connectivity index (χ1) is 14.3. The van der Waals surface area contributed by atoms with E-state index in [4.69, 9.17) is 5.11 Å². The molecule has 2 aliphatic carbocycles. The normalized spacial score (nSPS) is 18.4. The largest absolute Gasteiger partial charge is 0.507 e. The van der Waals surface area contributed by atoms with Gasteiger partial charge in [0.1, 0.15) is 18.1 Å². The summed E-state index contributed by atoms with van der Waals surface area (Å²) < 4.78 is 0. The summed E-state index contributed by atoms with van der Waals surface area (Å²) in [6, 6.07) is 5.11. The molecule has 0 aliphatic heterocycles. The van der Waals surface area contributed by atoms with E-state index in [1.165, 1.54) is 0 Å². The molecule has 0 aromatic heterocycles. The van der Waals surface area contributed by atoms with Crippen LogP contribution in [0, 0.1) is 5.92 Å². The number of rotatable bonds is 4. The van der Waals surface area contributed by atoms with E-state index in [1.807, 2.05) is 19.9 Å².